The number of carbonyl (C=O) groups is 1. The molecule has 0 unspecified atom stereocenters. The average Bonchev–Trinajstić information content (AvgIpc) is 2.78. The van der Waals surface area contributed by atoms with Gasteiger partial charge < -0.3 is 10.1 Å². The van der Waals surface area contributed by atoms with Crippen LogP contribution in [0.4, 0.5) is 4.39 Å². The fourth-order valence-corrected chi connectivity index (χ4v) is 2.90. The van der Waals surface area contributed by atoms with Gasteiger partial charge in [-0.3, -0.25) is 4.79 Å². The van der Waals surface area contributed by atoms with E-state index >= 15 is 0 Å². The van der Waals surface area contributed by atoms with Crippen LogP contribution in [-0.4, -0.2) is 15.9 Å². The third kappa shape index (κ3) is 4.86. The van der Waals surface area contributed by atoms with Gasteiger partial charge in [0.15, 0.2) is 0 Å². The zero-order chi connectivity index (χ0) is 20.8. The number of nitrogens with zero attached hydrogens (tertiary/aromatic N) is 2. The molecule has 6 heteroatoms. The third-order valence-corrected chi connectivity index (χ3v) is 4.38. The van der Waals surface area contributed by atoms with Crippen LogP contribution in [0.2, 0.25) is 0 Å². The molecule has 0 saturated carbocycles. The molecule has 0 aliphatic rings. The van der Waals surface area contributed by atoms with Gasteiger partial charge in [0.1, 0.15) is 17.9 Å². The van der Waals surface area contributed by atoms with Gasteiger partial charge in [-0.2, -0.15) is 0 Å². The van der Waals surface area contributed by atoms with E-state index in [4.69, 9.17) is 4.74 Å². The first-order valence-electron chi connectivity index (χ1n) is 9.35. The molecule has 0 fully saturated rings. The fourth-order valence-electron chi connectivity index (χ4n) is 2.90. The molecule has 4 rings (SSSR count). The number of rotatable bonds is 6. The van der Waals surface area contributed by atoms with Crippen molar-refractivity contribution in [2.75, 3.05) is 0 Å². The molecule has 148 valence electrons. The maximum Gasteiger partial charge on any atom is 0.251 e. The van der Waals surface area contributed by atoms with Gasteiger partial charge in [-0.05, 0) is 35.9 Å². The standard InChI is InChI=1S/C24H18FN3O2/c25-20-10-4-8-18(12-20)22-14-23(28-16-27-22)30-21-11-5-9-19(13-21)24(29)26-15-17-6-2-1-3-7-17/h1-14,16H,15H2,(H,26,29). The molecule has 3 aromatic carbocycles. The van der Waals surface area contributed by atoms with Gasteiger partial charge in [0.05, 0.1) is 5.69 Å². The summed E-state index contributed by atoms with van der Waals surface area (Å²) in [5.74, 6) is 0.215. The predicted molar refractivity (Wildman–Crippen MR) is 112 cm³/mol. The Bertz CT molecular complexity index is 1170. The zero-order valence-electron chi connectivity index (χ0n) is 16.0. The highest BCUT2D eigenvalue weighted by molar-refractivity contribution is 5.94. The third-order valence-electron chi connectivity index (χ3n) is 4.38. The molecular formula is C24H18FN3O2. The summed E-state index contributed by atoms with van der Waals surface area (Å²) >= 11 is 0. The van der Waals surface area contributed by atoms with Gasteiger partial charge >= 0.3 is 0 Å². The maximum absolute atomic E-state index is 13.5. The molecule has 0 spiro atoms. The molecule has 5 nitrogen and oxygen atoms in total. The quantitative estimate of drug-likeness (QED) is 0.495. The number of ether oxygens (including phenoxy) is 1. The first-order chi connectivity index (χ1) is 14.7. The lowest BCUT2D eigenvalue weighted by Gasteiger charge is -2.09. The number of hydrogen-bond donors (Lipinski definition) is 1. The highest BCUT2D eigenvalue weighted by atomic mass is 19.1. The van der Waals surface area contributed by atoms with E-state index in [1.54, 1.807) is 42.5 Å². The Kier molecular flexibility index (Phi) is 5.75. The summed E-state index contributed by atoms with van der Waals surface area (Å²) in [5, 5.41) is 2.89. The van der Waals surface area contributed by atoms with Crippen LogP contribution in [0.15, 0.2) is 91.3 Å². The Morgan fingerprint density at radius 1 is 0.900 bits per heavy atom. The SMILES string of the molecule is O=C(NCc1ccccc1)c1cccc(Oc2cc(-c3cccc(F)c3)ncn2)c1. The van der Waals surface area contributed by atoms with Crippen molar-refractivity contribution in [1.29, 1.82) is 0 Å². The molecule has 0 atom stereocenters. The Hall–Kier alpha value is -4.06. The maximum atomic E-state index is 13.5. The van der Waals surface area contributed by atoms with Crippen LogP contribution in [-0.2, 0) is 6.54 Å². The molecule has 0 aliphatic carbocycles. The predicted octanol–water partition coefficient (Wildman–Crippen LogP) is 5.01. The molecule has 0 aliphatic heterocycles. The number of halogens is 1. The van der Waals surface area contributed by atoms with Crippen molar-refractivity contribution in [3.63, 3.8) is 0 Å². The molecule has 0 radical (unpaired) electrons. The van der Waals surface area contributed by atoms with Crippen LogP contribution in [0.5, 0.6) is 11.6 Å². The summed E-state index contributed by atoms with van der Waals surface area (Å²) in [4.78, 5) is 20.7. The Labute approximate surface area is 173 Å². The lowest BCUT2D eigenvalue weighted by molar-refractivity contribution is 0.0950. The van der Waals surface area contributed by atoms with E-state index in [1.165, 1.54) is 18.5 Å². The summed E-state index contributed by atoms with van der Waals surface area (Å²) in [6.45, 7) is 0.438. The molecule has 1 N–H and O–H groups in total. The van der Waals surface area contributed by atoms with Crippen LogP contribution in [0.3, 0.4) is 0 Å². The number of hydrogen-bond acceptors (Lipinski definition) is 4. The molecule has 0 bridgehead atoms. The summed E-state index contributed by atoms with van der Waals surface area (Å²) in [5.41, 5.74) is 2.65. The van der Waals surface area contributed by atoms with Gasteiger partial charge in [-0.25, -0.2) is 14.4 Å². The second-order valence-corrected chi connectivity index (χ2v) is 6.55. The van der Waals surface area contributed by atoms with Crippen molar-refractivity contribution < 1.29 is 13.9 Å². The van der Waals surface area contributed by atoms with Crippen molar-refractivity contribution in [2.24, 2.45) is 0 Å². The number of carbonyl (C=O) groups excluding carboxylic acids is 1. The number of nitrogens with one attached hydrogen (secondary N) is 1. The second-order valence-electron chi connectivity index (χ2n) is 6.55. The van der Waals surface area contributed by atoms with E-state index in [1.807, 2.05) is 30.3 Å². The minimum absolute atomic E-state index is 0.201. The van der Waals surface area contributed by atoms with Crippen LogP contribution >= 0.6 is 0 Å². The summed E-state index contributed by atoms with van der Waals surface area (Å²) < 4.78 is 19.3. The van der Waals surface area contributed by atoms with Gasteiger partial charge in [0.2, 0.25) is 5.88 Å². The minimum atomic E-state index is -0.345. The normalized spacial score (nSPS) is 10.4. The van der Waals surface area contributed by atoms with Gasteiger partial charge in [0, 0.05) is 23.7 Å². The fraction of sp³-hybridized carbons (Fsp3) is 0.0417. The van der Waals surface area contributed by atoms with E-state index in [2.05, 4.69) is 15.3 Å². The van der Waals surface area contributed by atoms with Crippen LogP contribution < -0.4 is 10.1 Å². The summed E-state index contributed by atoms with van der Waals surface area (Å²) in [6, 6.07) is 24.3. The lowest BCUT2D eigenvalue weighted by atomic mass is 10.1. The van der Waals surface area contributed by atoms with Crippen LogP contribution in [0.1, 0.15) is 15.9 Å². The molecule has 1 heterocycles. The molecule has 1 aromatic heterocycles. The van der Waals surface area contributed by atoms with Crippen molar-refractivity contribution in [2.45, 2.75) is 6.54 Å². The van der Waals surface area contributed by atoms with E-state index in [0.717, 1.165) is 5.56 Å². The largest absolute Gasteiger partial charge is 0.439 e. The molecule has 4 aromatic rings. The first-order valence-corrected chi connectivity index (χ1v) is 9.35. The Morgan fingerprint density at radius 2 is 1.73 bits per heavy atom. The lowest BCUT2D eigenvalue weighted by Crippen LogP contribution is -2.22. The minimum Gasteiger partial charge on any atom is -0.439 e. The van der Waals surface area contributed by atoms with Gasteiger partial charge in [-0.15, -0.1) is 0 Å². The van der Waals surface area contributed by atoms with E-state index in [0.29, 0.717) is 35.0 Å². The van der Waals surface area contributed by atoms with E-state index in [9.17, 15) is 9.18 Å². The molecular weight excluding hydrogens is 381 g/mol. The second kappa shape index (κ2) is 8.96. The first kappa shape index (κ1) is 19.3. The smallest absolute Gasteiger partial charge is 0.251 e. The highest BCUT2D eigenvalue weighted by Gasteiger charge is 2.09. The van der Waals surface area contributed by atoms with Crippen LogP contribution in [0, 0.1) is 5.82 Å². The summed E-state index contributed by atoms with van der Waals surface area (Å²) in [6.07, 6.45) is 1.35. The molecule has 0 saturated heterocycles. The van der Waals surface area contributed by atoms with Crippen molar-refractivity contribution in [3.05, 3.63) is 108 Å². The van der Waals surface area contributed by atoms with E-state index in [-0.39, 0.29) is 11.7 Å². The number of aromatic nitrogens is 2. The van der Waals surface area contributed by atoms with E-state index < -0.39 is 0 Å². The average molecular weight is 399 g/mol. The van der Waals surface area contributed by atoms with Crippen molar-refractivity contribution in [1.82, 2.24) is 15.3 Å². The Morgan fingerprint density at radius 3 is 2.57 bits per heavy atom. The van der Waals surface area contributed by atoms with Crippen LogP contribution in [0.25, 0.3) is 11.3 Å². The highest BCUT2D eigenvalue weighted by Crippen LogP contribution is 2.25. The monoisotopic (exact) mass is 399 g/mol. The summed E-state index contributed by atoms with van der Waals surface area (Å²) in [7, 11) is 0. The van der Waals surface area contributed by atoms with Gasteiger partial charge in [-0.1, -0.05) is 48.5 Å². The van der Waals surface area contributed by atoms with Gasteiger partial charge in [0.25, 0.3) is 5.91 Å². The molecule has 1 amide bonds. The topological polar surface area (TPSA) is 64.1 Å². The Balaban J connectivity index is 1.47. The molecule has 30 heavy (non-hydrogen) atoms. The van der Waals surface area contributed by atoms with Crippen molar-refractivity contribution in [3.8, 4) is 22.9 Å². The zero-order valence-corrected chi connectivity index (χ0v) is 16.0. The number of amides is 1. The van der Waals surface area contributed by atoms with Crippen molar-refractivity contribution >= 4 is 5.91 Å². The number of benzene rings is 3.